The summed E-state index contributed by atoms with van der Waals surface area (Å²) in [6.45, 7) is 4.79. The molecule has 0 atom stereocenters. The van der Waals surface area contributed by atoms with E-state index in [9.17, 15) is 14.9 Å². The highest BCUT2D eigenvalue weighted by molar-refractivity contribution is 6.32. The van der Waals surface area contributed by atoms with Gasteiger partial charge in [-0.05, 0) is 67.3 Å². The van der Waals surface area contributed by atoms with Crippen LogP contribution in [0, 0.1) is 25.2 Å². The number of hydrogen-bond donors (Lipinski definition) is 1. The van der Waals surface area contributed by atoms with E-state index in [0.717, 1.165) is 11.1 Å². The number of methoxy groups -OCH3 is 2. The molecule has 35 heavy (non-hydrogen) atoms. The minimum absolute atomic E-state index is 0.0704. The van der Waals surface area contributed by atoms with E-state index in [0.29, 0.717) is 41.7 Å². The van der Waals surface area contributed by atoms with E-state index in [1.54, 1.807) is 18.2 Å². The van der Waals surface area contributed by atoms with Crippen molar-refractivity contribution in [1.82, 2.24) is 5.32 Å². The lowest BCUT2D eigenvalue weighted by Gasteiger charge is -2.11. The molecule has 0 heterocycles. The van der Waals surface area contributed by atoms with Crippen LogP contribution in [0.5, 0.6) is 17.2 Å². The molecule has 9 heteroatoms. The van der Waals surface area contributed by atoms with E-state index < -0.39 is 11.9 Å². The van der Waals surface area contributed by atoms with Crippen LogP contribution in [0.15, 0.2) is 35.9 Å². The number of amides is 1. The predicted octanol–water partition coefficient (Wildman–Crippen LogP) is 4.40. The summed E-state index contributed by atoms with van der Waals surface area (Å²) in [6, 6.07) is 10.3. The van der Waals surface area contributed by atoms with Crippen molar-refractivity contribution in [2.24, 2.45) is 0 Å². The number of aryl methyl sites for hydroxylation is 2. The number of halogens is 1. The van der Waals surface area contributed by atoms with E-state index in [-0.39, 0.29) is 24.3 Å². The van der Waals surface area contributed by atoms with Gasteiger partial charge >= 0.3 is 5.97 Å². The largest absolute Gasteiger partial charge is 0.494 e. The predicted molar refractivity (Wildman–Crippen MR) is 133 cm³/mol. The highest BCUT2D eigenvalue weighted by Crippen LogP contribution is 2.30. The molecule has 1 amide bonds. The lowest BCUT2D eigenvalue weighted by Crippen LogP contribution is -2.27. The zero-order valence-corrected chi connectivity index (χ0v) is 21.0. The first-order valence-corrected chi connectivity index (χ1v) is 11.3. The number of esters is 1. The van der Waals surface area contributed by atoms with Gasteiger partial charge in [0.05, 0.1) is 20.3 Å². The monoisotopic (exact) mass is 500 g/mol. The summed E-state index contributed by atoms with van der Waals surface area (Å²) in [6.07, 6.45) is 2.04. The maximum atomic E-state index is 12.3. The fourth-order valence-corrected chi connectivity index (χ4v) is 3.21. The van der Waals surface area contributed by atoms with Crippen LogP contribution < -0.4 is 19.5 Å². The smallest absolute Gasteiger partial charge is 0.311 e. The molecule has 0 radical (unpaired) electrons. The number of carbonyl (C=O) groups excluding carboxylic acids is 2. The van der Waals surface area contributed by atoms with Crippen molar-refractivity contribution in [3.63, 3.8) is 0 Å². The van der Waals surface area contributed by atoms with Crippen molar-refractivity contribution in [3.8, 4) is 23.3 Å². The summed E-state index contributed by atoms with van der Waals surface area (Å²) in [5.41, 5.74) is 2.33. The van der Waals surface area contributed by atoms with Gasteiger partial charge < -0.3 is 24.3 Å². The molecule has 8 nitrogen and oxygen atoms in total. The van der Waals surface area contributed by atoms with Gasteiger partial charge in [-0.15, -0.1) is 0 Å². The lowest BCUT2D eigenvalue weighted by atomic mass is 10.1. The Morgan fingerprint density at radius 3 is 2.43 bits per heavy atom. The topological polar surface area (TPSA) is 107 Å². The normalized spacial score (nSPS) is 10.9. The van der Waals surface area contributed by atoms with Crippen LogP contribution in [-0.4, -0.2) is 45.9 Å². The average molecular weight is 501 g/mol. The Kier molecular flexibility index (Phi) is 11.1. The quantitative estimate of drug-likeness (QED) is 0.151. The summed E-state index contributed by atoms with van der Waals surface area (Å²) in [7, 11) is 2.96. The Morgan fingerprint density at radius 2 is 1.80 bits per heavy atom. The molecule has 0 spiro atoms. The second-order valence-electron chi connectivity index (χ2n) is 7.63. The first kappa shape index (κ1) is 27.7. The Balaban J connectivity index is 1.94. The van der Waals surface area contributed by atoms with Gasteiger partial charge in [-0.3, -0.25) is 9.59 Å². The third kappa shape index (κ3) is 8.63. The molecule has 0 aliphatic rings. The molecule has 2 rings (SSSR count). The zero-order chi connectivity index (χ0) is 25.8. The standard InChI is InChI=1S/C26H29ClN2O6/c1-17-12-21(13-18(2)25(17)27)34-10-5-6-24(30)35-22-8-7-19(15-23(22)33-4)14-20(16-28)26(31)29-9-11-32-3/h7-8,12-15H,5-6,9-11H2,1-4H3,(H,29,31)/b20-14+. The van der Waals surface area contributed by atoms with Gasteiger partial charge in [0.2, 0.25) is 0 Å². The van der Waals surface area contributed by atoms with E-state index in [4.69, 9.17) is 30.5 Å². The lowest BCUT2D eigenvalue weighted by molar-refractivity contribution is -0.134. The van der Waals surface area contributed by atoms with Crippen LogP contribution in [0.4, 0.5) is 0 Å². The molecule has 0 fully saturated rings. The third-order valence-corrected chi connectivity index (χ3v) is 5.48. The van der Waals surface area contributed by atoms with Gasteiger partial charge in [-0.25, -0.2) is 0 Å². The van der Waals surface area contributed by atoms with Crippen molar-refractivity contribution < 1.29 is 28.5 Å². The van der Waals surface area contributed by atoms with E-state index in [2.05, 4.69) is 5.32 Å². The number of rotatable bonds is 12. The summed E-state index contributed by atoms with van der Waals surface area (Å²) in [4.78, 5) is 24.4. The summed E-state index contributed by atoms with van der Waals surface area (Å²) in [5, 5.41) is 12.6. The highest BCUT2D eigenvalue weighted by Gasteiger charge is 2.13. The van der Waals surface area contributed by atoms with Crippen molar-refractivity contribution in [2.45, 2.75) is 26.7 Å². The minimum atomic E-state index is -0.509. The van der Waals surface area contributed by atoms with Crippen LogP contribution in [0.2, 0.25) is 5.02 Å². The first-order chi connectivity index (χ1) is 16.8. The Labute approximate surface area is 210 Å². The Morgan fingerprint density at radius 1 is 1.09 bits per heavy atom. The maximum absolute atomic E-state index is 12.3. The Hall–Kier alpha value is -3.54. The van der Waals surface area contributed by atoms with Crippen LogP contribution in [0.25, 0.3) is 6.08 Å². The molecule has 0 aliphatic heterocycles. The van der Waals surface area contributed by atoms with Gasteiger partial charge in [0.1, 0.15) is 17.4 Å². The molecule has 0 bridgehead atoms. The fraction of sp³-hybridized carbons (Fsp3) is 0.346. The van der Waals surface area contributed by atoms with Crippen LogP contribution in [-0.2, 0) is 14.3 Å². The molecule has 0 saturated heterocycles. The van der Waals surface area contributed by atoms with Crippen molar-refractivity contribution >= 4 is 29.6 Å². The van der Waals surface area contributed by atoms with Crippen LogP contribution in [0.3, 0.4) is 0 Å². The number of hydrogen-bond acceptors (Lipinski definition) is 7. The molecule has 0 unspecified atom stereocenters. The van der Waals surface area contributed by atoms with Crippen LogP contribution >= 0.6 is 11.6 Å². The van der Waals surface area contributed by atoms with Gasteiger partial charge in [-0.1, -0.05) is 17.7 Å². The fourth-order valence-electron chi connectivity index (χ4n) is 3.11. The second-order valence-corrected chi connectivity index (χ2v) is 8.00. The SMILES string of the molecule is COCCNC(=O)/C(C#N)=C/c1ccc(OC(=O)CCCOc2cc(C)c(Cl)c(C)c2)c(OC)c1. The number of ether oxygens (including phenoxy) is 4. The minimum Gasteiger partial charge on any atom is -0.494 e. The summed E-state index contributed by atoms with van der Waals surface area (Å²) in [5.74, 6) is 0.293. The summed E-state index contributed by atoms with van der Waals surface area (Å²) < 4.78 is 21.3. The molecule has 0 aromatic heterocycles. The molecule has 2 aromatic rings. The maximum Gasteiger partial charge on any atom is 0.311 e. The first-order valence-electron chi connectivity index (χ1n) is 11.0. The zero-order valence-electron chi connectivity index (χ0n) is 20.3. The highest BCUT2D eigenvalue weighted by atomic mass is 35.5. The number of carbonyl (C=O) groups is 2. The molecular formula is C26H29ClN2O6. The van der Waals surface area contributed by atoms with Gasteiger partial charge in [-0.2, -0.15) is 5.26 Å². The van der Waals surface area contributed by atoms with Crippen molar-refractivity contribution in [3.05, 3.63) is 57.6 Å². The molecule has 0 saturated carbocycles. The average Bonchev–Trinajstić information content (AvgIpc) is 2.84. The second kappa shape index (κ2) is 14.0. The molecular weight excluding hydrogens is 472 g/mol. The van der Waals surface area contributed by atoms with E-state index in [1.165, 1.54) is 20.3 Å². The number of nitrogens with one attached hydrogen (secondary N) is 1. The molecule has 1 N–H and O–H groups in total. The molecule has 186 valence electrons. The summed E-state index contributed by atoms with van der Waals surface area (Å²) >= 11 is 6.17. The number of nitriles is 1. The van der Waals surface area contributed by atoms with Crippen molar-refractivity contribution in [2.75, 3.05) is 34.0 Å². The van der Waals surface area contributed by atoms with Crippen LogP contribution in [0.1, 0.15) is 29.5 Å². The molecule has 2 aromatic carbocycles. The van der Waals surface area contributed by atoms with Crippen molar-refractivity contribution in [1.29, 1.82) is 5.26 Å². The number of benzene rings is 2. The van der Waals surface area contributed by atoms with E-state index >= 15 is 0 Å². The third-order valence-electron chi connectivity index (χ3n) is 4.88. The molecule has 0 aliphatic carbocycles. The Bertz CT molecular complexity index is 1100. The number of nitrogens with zero attached hydrogens (tertiary/aromatic N) is 1. The van der Waals surface area contributed by atoms with Gasteiger partial charge in [0.25, 0.3) is 5.91 Å². The van der Waals surface area contributed by atoms with Gasteiger partial charge in [0.15, 0.2) is 11.5 Å². The van der Waals surface area contributed by atoms with Gasteiger partial charge in [0, 0.05) is 25.1 Å². The van der Waals surface area contributed by atoms with E-state index in [1.807, 2.05) is 32.0 Å².